The largest absolute Gasteiger partial charge is 0.330 e. The van der Waals surface area contributed by atoms with E-state index in [1.54, 1.807) is 0 Å². The highest BCUT2D eigenvalue weighted by atomic mass is 19.1. The first kappa shape index (κ1) is 11.8. The molecular weight excluding hydrogens is 213 g/mol. The van der Waals surface area contributed by atoms with Crippen molar-refractivity contribution in [2.75, 3.05) is 6.54 Å². The molecular formula is C15H16FN. The van der Waals surface area contributed by atoms with Crippen LogP contribution in [0.15, 0.2) is 54.6 Å². The normalized spacial score (nSPS) is 12.4. The van der Waals surface area contributed by atoms with Crippen LogP contribution in [0.5, 0.6) is 0 Å². The lowest BCUT2D eigenvalue weighted by atomic mass is 9.92. The fourth-order valence-corrected chi connectivity index (χ4v) is 1.97. The molecule has 0 spiro atoms. The highest BCUT2D eigenvalue weighted by molar-refractivity contribution is 5.25. The summed E-state index contributed by atoms with van der Waals surface area (Å²) in [4.78, 5) is 0. The molecule has 0 amide bonds. The highest BCUT2D eigenvalue weighted by Gasteiger charge is 2.10. The molecule has 2 aromatic carbocycles. The maximum absolute atomic E-state index is 12.8. The fraction of sp³-hybridized carbons (Fsp3) is 0.200. The SMILES string of the molecule is NCC(Cc1ccccc1)c1ccc(F)cc1. The van der Waals surface area contributed by atoms with E-state index < -0.39 is 0 Å². The summed E-state index contributed by atoms with van der Waals surface area (Å²) in [5.41, 5.74) is 8.15. The van der Waals surface area contributed by atoms with E-state index >= 15 is 0 Å². The van der Waals surface area contributed by atoms with Crippen molar-refractivity contribution in [3.63, 3.8) is 0 Å². The first-order valence-electron chi connectivity index (χ1n) is 5.79. The highest BCUT2D eigenvalue weighted by Crippen LogP contribution is 2.20. The van der Waals surface area contributed by atoms with Gasteiger partial charge < -0.3 is 5.73 Å². The monoisotopic (exact) mass is 229 g/mol. The van der Waals surface area contributed by atoms with E-state index in [4.69, 9.17) is 5.73 Å². The van der Waals surface area contributed by atoms with Crippen LogP contribution in [-0.4, -0.2) is 6.54 Å². The molecule has 17 heavy (non-hydrogen) atoms. The van der Waals surface area contributed by atoms with E-state index in [0.717, 1.165) is 12.0 Å². The summed E-state index contributed by atoms with van der Waals surface area (Å²) in [6.45, 7) is 0.570. The lowest BCUT2D eigenvalue weighted by molar-refractivity contribution is 0.623. The van der Waals surface area contributed by atoms with Gasteiger partial charge in [-0.3, -0.25) is 0 Å². The summed E-state index contributed by atoms with van der Waals surface area (Å²) in [5.74, 6) is 0.0437. The van der Waals surface area contributed by atoms with Crippen LogP contribution in [0.2, 0.25) is 0 Å². The number of rotatable bonds is 4. The third-order valence-electron chi connectivity index (χ3n) is 2.95. The molecule has 0 radical (unpaired) electrons. The van der Waals surface area contributed by atoms with Crippen LogP contribution in [0.4, 0.5) is 4.39 Å². The molecule has 0 fully saturated rings. The predicted molar refractivity (Wildman–Crippen MR) is 68.3 cm³/mol. The fourth-order valence-electron chi connectivity index (χ4n) is 1.97. The van der Waals surface area contributed by atoms with Gasteiger partial charge in [-0.05, 0) is 36.2 Å². The molecule has 2 heteroatoms. The molecule has 0 bridgehead atoms. The molecule has 2 rings (SSSR count). The van der Waals surface area contributed by atoms with E-state index in [2.05, 4.69) is 12.1 Å². The zero-order valence-electron chi connectivity index (χ0n) is 9.64. The van der Waals surface area contributed by atoms with E-state index in [1.165, 1.54) is 17.7 Å². The molecule has 0 heterocycles. The van der Waals surface area contributed by atoms with E-state index in [9.17, 15) is 4.39 Å². The Morgan fingerprint density at radius 2 is 1.59 bits per heavy atom. The van der Waals surface area contributed by atoms with Crippen LogP contribution in [-0.2, 0) is 6.42 Å². The van der Waals surface area contributed by atoms with Crippen molar-refractivity contribution >= 4 is 0 Å². The molecule has 0 saturated heterocycles. The Bertz CT molecular complexity index is 450. The Kier molecular flexibility index (Phi) is 3.89. The third kappa shape index (κ3) is 3.14. The second-order valence-corrected chi connectivity index (χ2v) is 4.17. The topological polar surface area (TPSA) is 26.0 Å². The first-order valence-corrected chi connectivity index (χ1v) is 5.79. The van der Waals surface area contributed by atoms with Gasteiger partial charge in [0, 0.05) is 5.92 Å². The molecule has 1 nitrogen and oxygen atoms in total. The molecule has 0 aromatic heterocycles. The van der Waals surface area contributed by atoms with Crippen molar-refractivity contribution in [3.05, 3.63) is 71.5 Å². The molecule has 88 valence electrons. The lowest BCUT2D eigenvalue weighted by Gasteiger charge is -2.15. The number of benzene rings is 2. The lowest BCUT2D eigenvalue weighted by Crippen LogP contribution is -2.15. The zero-order chi connectivity index (χ0) is 12.1. The summed E-state index contributed by atoms with van der Waals surface area (Å²) in [7, 11) is 0. The van der Waals surface area contributed by atoms with Gasteiger partial charge >= 0.3 is 0 Å². The van der Waals surface area contributed by atoms with Crippen molar-refractivity contribution in [2.45, 2.75) is 12.3 Å². The molecule has 0 aliphatic carbocycles. The molecule has 2 aromatic rings. The summed E-state index contributed by atoms with van der Waals surface area (Å²) < 4.78 is 12.8. The van der Waals surface area contributed by atoms with Gasteiger partial charge in [0.15, 0.2) is 0 Å². The molecule has 2 N–H and O–H groups in total. The van der Waals surface area contributed by atoms with Crippen LogP contribution in [0.25, 0.3) is 0 Å². The maximum atomic E-state index is 12.8. The maximum Gasteiger partial charge on any atom is 0.123 e. The minimum Gasteiger partial charge on any atom is -0.330 e. The summed E-state index contributed by atoms with van der Waals surface area (Å²) in [6, 6.07) is 16.8. The van der Waals surface area contributed by atoms with Gasteiger partial charge in [-0.2, -0.15) is 0 Å². The Morgan fingerprint density at radius 1 is 0.941 bits per heavy atom. The van der Waals surface area contributed by atoms with Crippen molar-refractivity contribution in [3.8, 4) is 0 Å². The minimum absolute atomic E-state index is 0.204. The first-order chi connectivity index (χ1) is 8.29. The van der Waals surface area contributed by atoms with Gasteiger partial charge in [-0.15, -0.1) is 0 Å². The van der Waals surface area contributed by atoms with Gasteiger partial charge in [0.05, 0.1) is 0 Å². The summed E-state index contributed by atoms with van der Waals surface area (Å²) >= 11 is 0. The summed E-state index contributed by atoms with van der Waals surface area (Å²) in [5, 5.41) is 0. The number of hydrogen-bond donors (Lipinski definition) is 1. The van der Waals surface area contributed by atoms with Crippen molar-refractivity contribution in [2.24, 2.45) is 5.73 Å². The molecule has 1 atom stereocenters. The Labute approximate surface area is 101 Å². The van der Waals surface area contributed by atoms with Crippen LogP contribution >= 0.6 is 0 Å². The minimum atomic E-state index is -0.204. The average molecular weight is 229 g/mol. The smallest absolute Gasteiger partial charge is 0.123 e. The van der Waals surface area contributed by atoms with Crippen molar-refractivity contribution < 1.29 is 4.39 Å². The molecule has 1 unspecified atom stereocenters. The molecule has 0 aliphatic heterocycles. The van der Waals surface area contributed by atoms with Gasteiger partial charge in [0.1, 0.15) is 5.82 Å². The number of nitrogens with two attached hydrogens (primary N) is 1. The standard InChI is InChI=1S/C15H16FN/c16-15-8-6-13(7-9-15)14(11-17)10-12-4-2-1-3-5-12/h1-9,14H,10-11,17H2. The van der Waals surface area contributed by atoms with Gasteiger partial charge in [0.2, 0.25) is 0 Å². The van der Waals surface area contributed by atoms with Crippen LogP contribution in [0.1, 0.15) is 17.0 Å². The van der Waals surface area contributed by atoms with E-state index in [-0.39, 0.29) is 11.7 Å². The second-order valence-electron chi connectivity index (χ2n) is 4.17. The molecule has 0 aliphatic rings. The molecule has 0 saturated carbocycles. The van der Waals surface area contributed by atoms with Crippen LogP contribution in [0.3, 0.4) is 0 Å². The Hall–Kier alpha value is -1.67. The van der Waals surface area contributed by atoms with Crippen molar-refractivity contribution in [1.29, 1.82) is 0 Å². The number of halogens is 1. The van der Waals surface area contributed by atoms with Crippen molar-refractivity contribution in [1.82, 2.24) is 0 Å². The Morgan fingerprint density at radius 3 is 2.18 bits per heavy atom. The number of hydrogen-bond acceptors (Lipinski definition) is 1. The third-order valence-corrected chi connectivity index (χ3v) is 2.95. The van der Waals surface area contributed by atoms with Crippen LogP contribution in [0, 0.1) is 5.82 Å². The van der Waals surface area contributed by atoms with E-state index in [1.807, 2.05) is 30.3 Å². The Balaban J connectivity index is 2.14. The van der Waals surface area contributed by atoms with Crippen LogP contribution < -0.4 is 5.73 Å². The summed E-state index contributed by atoms with van der Waals surface area (Å²) in [6.07, 6.45) is 0.892. The van der Waals surface area contributed by atoms with Gasteiger partial charge in [0.25, 0.3) is 0 Å². The zero-order valence-corrected chi connectivity index (χ0v) is 9.64. The quantitative estimate of drug-likeness (QED) is 0.856. The van der Waals surface area contributed by atoms with Gasteiger partial charge in [-0.25, -0.2) is 4.39 Å². The van der Waals surface area contributed by atoms with Gasteiger partial charge in [-0.1, -0.05) is 42.5 Å². The van der Waals surface area contributed by atoms with E-state index in [0.29, 0.717) is 6.54 Å². The second kappa shape index (κ2) is 5.60. The predicted octanol–water partition coefficient (Wildman–Crippen LogP) is 3.11. The average Bonchev–Trinajstić information content (AvgIpc) is 2.38.